The lowest BCUT2D eigenvalue weighted by Crippen LogP contribution is -2.19. The summed E-state index contributed by atoms with van der Waals surface area (Å²) in [5, 5.41) is 0. The molecule has 39 heavy (non-hydrogen) atoms. The molecule has 0 saturated carbocycles. The van der Waals surface area contributed by atoms with Gasteiger partial charge in [0.1, 0.15) is 11.5 Å². The Morgan fingerprint density at radius 3 is 1.33 bits per heavy atom. The number of hydrogen-bond acceptors (Lipinski definition) is 4. The Labute approximate surface area is 230 Å². The van der Waals surface area contributed by atoms with E-state index >= 15 is 0 Å². The van der Waals surface area contributed by atoms with Crippen molar-refractivity contribution >= 4 is 24.1 Å². The first kappa shape index (κ1) is 27.3. The SMILES string of the molecule is Cc1cc(C(C)(C)c2ccc(OC(=O)/C=C/c3ccccc3)c(C)c2)ccc1OC(=O)/C=C/c1ccccc1. The van der Waals surface area contributed by atoms with E-state index in [4.69, 9.17) is 9.47 Å². The summed E-state index contributed by atoms with van der Waals surface area (Å²) < 4.78 is 11.2. The summed E-state index contributed by atoms with van der Waals surface area (Å²) >= 11 is 0. The normalized spacial score (nSPS) is 11.6. The Bertz CT molecular complexity index is 1400. The predicted molar refractivity (Wildman–Crippen MR) is 157 cm³/mol. The first-order chi connectivity index (χ1) is 18.7. The third-order valence-corrected chi connectivity index (χ3v) is 6.64. The highest BCUT2D eigenvalue weighted by atomic mass is 16.5. The van der Waals surface area contributed by atoms with Gasteiger partial charge in [-0.1, -0.05) is 98.8 Å². The second kappa shape index (κ2) is 12.2. The van der Waals surface area contributed by atoms with Gasteiger partial charge < -0.3 is 9.47 Å². The van der Waals surface area contributed by atoms with E-state index in [1.807, 2.05) is 111 Å². The summed E-state index contributed by atoms with van der Waals surface area (Å²) in [6.07, 6.45) is 6.33. The first-order valence-corrected chi connectivity index (χ1v) is 12.8. The van der Waals surface area contributed by atoms with E-state index in [0.29, 0.717) is 11.5 Å². The molecule has 4 nitrogen and oxygen atoms in total. The fraction of sp³-hybridized carbons (Fsp3) is 0.143. The fourth-order valence-electron chi connectivity index (χ4n) is 4.21. The van der Waals surface area contributed by atoms with E-state index in [-0.39, 0.29) is 5.41 Å². The molecule has 0 radical (unpaired) electrons. The second-order valence-corrected chi connectivity index (χ2v) is 9.92. The molecule has 0 atom stereocenters. The molecule has 0 fully saturated rings. The second-order valence-electron chi connectivity index (χ2n) is 9.92. The standard InChI is InChI=1S/C35H32O4/c1-25-23-29(17-19-31(25)38-33(36)21-15-27-11-7-5-8-12-27)35(3,4)30-18-20-32(26(2)24-30)39-34(37)22-16-28-13-9-6-10-14-28/h5-24H,1-4H3/b21-15+,22-16+. The summed E-state index contributed by atoms with van der Waals surface area (Å²) in [7, 11) is 0. The lowest BCUT2D eigenvalue weighted by molar-refractivity contribution is -0.129. The van der Waals surface area contributed by atoms with Crippen LogP contribution in [0, 0.1) is 13.8 Å². The lowest BCUT2D eigenvalue weighted by atomic mass is 9.77. The molecule has 0 aliphatic carbocycles. The number of carbonyl (C=O) groups excluding carboxylic acids is 2. The largest absolute Gasteiger partial charge is 0.423 e. The zero-order valence-electron chi connectivity index (χ0n) is 22.7. The number of hydrogen-bond donors (Lipinski definition) is 0. The van der Waals surface area contributed by atoms with Crippen LogP contribution in [-0.2, 0) is 15.0 Å². The number of ether oxygens (including phenoxy) is 2. The number of rotatable bonds is 8. The molecule has 0 unspecified atom stereocenters. The maximum Gasteiger partial charge on any atom is 0.336 e. The molecule has 0 saturated heterocycles. The van der Waals surface area contributed by atoms with Crippen LogP contribution in [0.3, 0.4) is 0 Å². The van der Waals surface area contributed by atoms with E-state index in [1.165, 1.54) is 12.2 Å². The molecule has 4 aromatic rings. The van der Waals surface area contributed by atoms with Crippen LogP contribution >= 0.6 is 0 Å². The molecule has 0 aliphatic heterocycles. The maximum atomic E-state index is 12.4. The van der Waals surface area contributed by atoms with Crippen LogP contribution in [0.2, 0.25) is 0 Å². The molecule has 0 aromatic heterocycles. The zero-order valence-corrected chi connectivity index (χ0v) is 22.7. The minimum atomic E-state index is -0.423. The summed E-state index contributed by atoms with van der Waals surface area (Å²) in [5.74, 6) is 0.209. The van der Waals surface area contributed by atoms with Gasteiger partial charge in [-0.25, -0.2) is 9.59 Å². The smallest absolute Gasteiger partial charge is 0.336 e. The van der Waals surface area contributed by atoms with E-state index in [0.717, 1.165) is 33.4 Å². The molecule has 0 bridgehead atoms. The number of esters is 2. The molecule has 0 heterocycles. The molecule has 4 rings (SSSR count). The van der Waals surface area contributed by atoms with Gasteiger partial charge in [-0.15, -0.1) is 0 Å². The van der Waals surface area contributed by atoms with E-state index in [2.05, 4.69) is 13.8 Å². The van der Waals surface area contributed by atoms with Crippen molar-refractivity contribution in [3.8, 4) is 11.5 Å². The minimum Gasteiger partial charge on any atom is -0.423 e. The van der Waals surface area contributed by atoms with Crippen molar-refractivity contribution in [3.05, 3.63) is 143 Å². The molecule has 0 spiro atoms. The van der Waals surface area contributed by atoms with Crippen LogP contribution in [0.25, 0.3) is 12.2 Å². The van der Waals surface area contributed by atoms with Crippen LogP contribution in [0.5, 0.6) is 11.5 Å². The van der Waals surface area contributed by atoms with Crippen molar-refractivity contribution in [3.63, 3.8) is 0 Å². The summed E-state index contributed by atoms with van der Waals surface area (Å²) in [5.41, 5.74) is 5.43. The third kappa shape index (κ3) is 7.20. The van der Waals surface area contributed by atoms with E-state index in [9.17, 15) is 9.59 Å². The fourth-order valence-corrected chi connectivity index (χ4v) is 4.21. The highest BCUT2D eigenvalue weighted by molar-refractivity contribution is 5.89. The Hall–Kier alpha value is -4.70. The average molecular weight is 517 g/mol. The van der Waals surface area contributed by atoms with Crippen molar-refractivity contribution in [1.82, 2.24) is 0 Å². The molecule has 4 heteroatoms. The number of benzene rings is 4. The minimum absolute atomic E-state index is 0.332. The van der Waals surface area contributed by atoms with Gasteiger partial charge in [0.2, 0.25) is 0 Å². The maximum absolute atomic E-state index is 12.4. The van der Waals surface area contributed by atoms with Gasteiger partial charge in [0.05, 0.1) is 0 Å². The molecule has 0 N–H and O–H groups in total. The highest BCUT2D eigenvalue weighted by Gasteiger charge is 2.25. The van der Waals surface area contributed by atoms with Crippen molar-refractivity contribution in [2.24, 2.45) is 0 Å². The molecule has 0 aliphatic rings. The van der Waals surface area contributed by atoms with E-state index in [1.54, 1.807) is 12.2 Å². The summed E-state index contributed by atoms with van der Waals surface area (Å²) in [4.78, 5) is 24.7. The third-order valence-electron chi connectivity index (χ3n) is 6.64. The Balaban J connectivity index is 1.44. The monoisotopic (exact) mass is 516 g/mol. The highest BCUT2D eigenvalue weighted by Crippen LogP contribution is 2.36. The molecule has 4 aromatic carbocycles. The number of aryl methyl sites for hydroxylation is 2. The quantitative estimate of drug-likeness (QED) is 0.136. The Kier molecular flexibility index (Phi) is 8.57. The average Bonchev–Trinajstić information content (AvgIpc) is 2.94. The first-order valence-electron chi connectivity index (χ1n) is 12.8. The summed E-state index contributed by atoms with van der Waals surface area (Å²) in [6.45, 7) is 8.14. The summed E-state index contributed by atoms with van der Waals surface area (Å²) in [6, 6.07) is 30.9. The predicted octanol–water partition coefficient (Wildman–Crippen LogP) is 7.87. The molecular formula is C35H32O4. The van der Waals surface area contributed by atoms with Gasteiger partial charge in [0, 0.05) is 17.6 Å². The van der Waals surface area contributed by atoms with Crippen LogP contribution in [-0.4, -0.2) is 11.9 Å². The Morgan fingerprint density at radius 2 is 0.974 bits per heavy atom. The zero-order chi connectivity index (χ0) is 27.8. The van der Waals surface area contributed by atoms with Crippen molar-refractivity contribution in [1.29, 1.82) is 0 Å². The van der Waals surface area contributed by atoms with Crippen LogP contribution in [0.15, 0.2) is 109 Å². The van der Waals surface area contributed by atoms with Gasteiger partial charge in [-0.3, -0.25) is 0 Å². The van der Waals surface area contributed by atoms with E-state index < -0.39 is 11.9 Å². The number of carbonyl (C=O) groups is 2. The topological polar surface area (TPSA) is 52.6 Å². The van der Waals surface area contributed by atoms with Gasteiger partial charge in [0.15, 0.2) is 0 Å². The van der Waals surface area contributed by atoms with Crippen LogP contribution in [0.4, 0.5) is 0 Å². The Morgan fingerprint density at radius 1 is 0.590 bits per heavy atom. The van der Waals surface area contributed by atoms with Gasteiger partial charge in [-0.05, 0) is 71.5 Å². The molecule has 0 amide bonds. The van der Waals surface area contributed by atoms with Gasteiger partial charge in [0.25, 0.3) is 0 Å². The van der Waals surface area contributed by atoms with Gasteiger partial charge >= 0.3 is 11.9 Å². The molecular weight excluding hydrogens is 484 g/mol. The van der Waals surface area contributed by atoms with Crippen molar-refractivity contribution < 1.29 is 19.1 Å². The molecule has 196 valence electrons. The lowest BCUT2D eigenvalue weighted by Gasteiger charge is -2.27. The van der Waals surface area contributed by atoms with Crippen molar-refractivity contribution in [2.75, 3.05) is 0 Å². The van der Waals surface area contributed by atoms with Crippen LogP contribution in [0.1, 0.15) is 47.2 Å². The van der Waals surface area contributed by atoms with Gasteiger partial charge in [-0.2, -0.15) is 0 Å². The van der Waals surface area contributed by atoms with Crippen LogP contribution < -0.4 is 9.47 Å². The van der Waals surface area contributed by atoms with Crippen molar-refractivity contribution in [2.45, 2.75) is 33.1 Å².